The molecule has 0 fully saturated rings. The molecule has 0 N–H and O–H groups in total. The van der Waals surface area contributed by atoms with Gasteiger partial charge in [-0.1, -0.05) is 18.2 Å². The van der Waals surface area contributed by atoms with Gasteiger partial charge in [0.25, 0.3) is 0 Å². The lowest BCUT2D eigenvalue weighted by Gasteiger charge is -2.04. The number of hydrogen-bond donors (Lipinski definition) is 0. The predicted molar refractivity (Wildman–Crippen MR) is 85.3 cm³/mol. The van der Waals surface area contributed by atoms with Gasteiger partial charge >= 0.3 is 0 Å². The summed E-state index contributed by atoms with van der Waals surface area (Å²) in [6.45, 7) is 2.07. The molecule has 0 radical (unpaired) electrons. The zero-order valence-electron chi connectivity index (χ0n) is 12.1. The molecule has 0 unspecified atom stereocenters. The van der Waals surface area contributed by atoms with Crippen LogP contribution in [0.1, 0.15) is 22.5 Å². The zero-order valence-corrected chi connectivity index (χ0v) is 12.9. The molecule has 3 nitrogen and oxygen atoms in total. The first kappa shape index (κ1) is 14.0. The van der Waals surface area contributed by atoms with Gasteiger partial charge in [-0.15, -0.1) is 11.6 Å². The minimum absolute atomic E-state index is 0.448. The van der Waals surface area contributed by atoms with Crippen LogP contribution in [0.25, 0.3) is 5.65 Å². The fourth-order valence-electron chi connectivity index (χ4n) is 2.51. The first-order valence-electron chi connectivity index (χ1n) is 6.86. The molecule has 21 heavy (non-hydrogen) atoms. The fraction of sp³-hybridized carbons (Fsp3) is 0.235. The third-order valence-electron chi connectivity index (χ3n) is 3.58. The second-order valence-electron chi connectivity index (χ2n) is 5.10. The Hall–Kier alpha value is -2.00. The highest BCUT2D eigenvalue weighted by molar-refractivity contribution is 6.17. The maximum absolute atomic E-state index is 6.14. The van der Waals surface area contributed by atoms with Crippen LogP contribution in [0.2, 0.25) is 0 Å². The van der Waals surface area contributed by atoms with E-state index in [1.807, 2.05) is 24.3 Å². The number of ether oxygens (including phenoxy) is 1. The molecule has 0 bridgehead atoms. The molecule has 2 heterocycles. The lowest BCUT2D eigenvalue weighted by Crippen LogP contribution is -1.96. The topological polar surface area (TPSA) is 26.5 Å². The molecule has 0 aliphatic heterocycles. The Morgan fingerprint density at radius 3 is 2.86 bits per heavy atom. The summed E-state index contributed by atoms with van der Waals surface area (Å²) in [5, 5.41) is 0. The second-order valence-corrected chi connectivity index (χ2v) is 5.37. The Labute approximate surface area is 129 Å². The summed E-state index contributed by atoms with van der Waals surface area (Å²) in [4.78, 5) is 4.71. The van der Waals surface area contributed by atoms with Crippen LogP contribution in [0.5, 0.6) is 5.75 Å². The third-order valence-corrected chi connectivity index (χ3v) is 3.83. The molecule has 0 amide bonds. The molecule has 0 aliphatic rings. The Morgan fingerprint density at radius 1 is 1.24 bits per heavy atom. The van der Waals surface area contributed by atoms with Gasteiger partial charge in [0.1, 0.15) is 11.4 Å². The fourth-order valence-corrected chi connectivity index (χ4v) is 2.79. The number of hydrogen-bond acceptors (Lipinski definition) is 2. The maximum Gasteiger partial charge on any atom is 0.137 e. The molecular weight excluding hydrogens is 284 g/mol. The van der Waals surface area contributed by atoms with Crippen molar-refractivity contribution < 1.29 is 4.74 Å². The molecule has 4 heteroatoms. The molecule has 1 aromatic carbocycles. The van der Waals surface area contributed by atoms with E-state index in [1.54, 1.807) is 7.11 Å². The van der Waals surface area contributed by atoms with E-state index in [1.165, 1.54) is 11.1 Å². The van der Waals surface area contributed by atoms with Gasteiger partial charge in [0.05, 0.1) is 24.4 Å². The summed E-state index contributed by atoms with van der Waals surface area (Å²) in [5.74, 6) is 1.31. The Kier molecular flexibility index (Phi) is 3.84. The van der Waals surface area contributed by atoms with E-state index in [0.29, 0.717) is 5.88 Å². The number of aromatic nitrogens is 2. The van der Waals surface area contributed by atoms with E-state index in [-0.39, 0.29) is 0 Å². The van der Waals surface area contributed by atoms with E-state index in [4.69, 9.17) is 21.3 Å². The van der Waals surface area contributed by atoms with Crippen LogP contribution in [0.4, 0.5) is 0 Å². The highest BCUT2D eigenvalue weighted by atomic mass is 35.5. The lowest BCUT2D eigenvalue weighted by atomic mass is 10.1. The Morgan fingerprint density at radius 2 is 2.10 bits per heavy atom. The van der Waals surface area contributed by atoms with Crippen LogP contribution in [-0.4, -0.2) is 16.5 Å². The van der Waals surface area contributed by atoms with Gasteiger partial charge in [0.15, 0.2) is 0 Å². The van der Waals surface area contributed by atoms with Crippen LogP contribution in [-0.2, 0) is 12.3 Å². The monoisotopic (exact) mass is 300 g/mol. The summed E-state index contributed by atoms with van der Waals surface area (Å²) in [5.41, 5.74) is 5.37. The number of methoxy groups -OCH3 is 1. The molecular formula is C17H17ClN2O. The smallest absolute Gasteiger partial charge is 0.137 e. The number of nitrogens with zero attached hydrogens (tertiary/aromatic N) is 2. The van der Waals surface area contributed by atoms with Crippen molar-refractivity contribution in [3.63, 3.8) is 0 Å². The number of halogens is 1. The number of fused-ring (bicyclic) bond motifs is 1. The summed E-state index contributed by atoms with van der Waals surface area (Å²) in [6, 6.07) is 12.1. The maximum atomic E-state index is 6.14. The molecule has 0 spiro atoms. The summed E-state index contributed by atoms with van der Waals surface area (Å²) >= 11 is 6.14. The van der Waals surface area contributed by atoms with E-state index in [0.717, 1.165) is 29.2 Å². The largest absolute Gasteiger partial charge is 0.497 e. The number of alkyl halides is 1. The number of benzene rings is 1. The van der Waals surface area contributed by atoms with Crippen LogP contribution in [0.3, 0.4) is 0 Å². The quantitative estimate of drug-likeness (QED) is 0.681. The van der Waals surface area contributed by atoms with Crippen molar-refractivity contribution in [3.8, 4) is 5.75 Å². The van der Waals surface area contributed by atoms with E-state index >= 15 is 0 Å². The van der Waals surface area contributed by atoms with Gasteiger partial charge < -0.3 is 9.14 Å². The first-order chi connectivity index (χ1) is 10.2. The lowest BCUT2D eigenvalue weighted by molar-refractivity contribution is 0.414. The van der Waals surface area contributed by atoms with E-state index in [2.05, 4.69) is 29.7 Å². The van der Waals surface area contributed by atoms with Gasteiger partial charge in [0.2, 0.25) is 0 Å². The van der Waals surface area contributed by atoms with Crippen molar-refractivity contribution in [2.45, 2.75) is 19.2 Å². The number of rotatable bonds is 4. The van der Waals surface area contributed by atoms with Crippen LogP contribution >= 0.6 is 11.6 Å². The standard InChI is InChI=1S/C17H17ClN2O/c1-12-6-7-17-19-15(16(10-18)20(17)11-12)9-13-4-3-5-14(8-13)21-2/h3-8,11H,9-10H2,1-2H3. The molecule has 0 saturated carbocycles. The highest BCUT2D eigenvalue weighted by Crippen LogP contribution is 2.21. The summed E-state index contributed by atoms with van der Waals surface area (Å²) in [7, 11) is 1.68. The zero-order chi connectivity index (χ0) is 14.8. The summed E-state index contributed by atoms with van der Waals surface area (Å²) < 4.78 is 7.35. The second kappa shape index (κ2) is 5.78. The molecule has 0 aliphatic carbocycles. The molecule has 0 saturated heterocycles. The normalized spacial score (nSPS) is 11.0. The number of imidazole rings is 1. The Bertz CT molecular complexity index is 780. The highest BCUT2D eigenvalue weighted by Gasteiger charge is 2.12. The van der Waals surface area contributed by atoms with Crippen molar-refractivity contribution in [3.05, 3.63) is 65.1 Å². The van der Waals surface area contributed by atoms with Crippen LogP contribution in [0.15, 0.2) is 42.6 Å². The van der Waals surface area contributed by atoms with Gasteiger partial charge in [-0.25, -0.2) is 4.98 Å². The molecule has 2 aromatic heterocycles. The molecule has 3 aromatic rings. The first-order valence-corrected chi connectivity index (χ1v) is 7.40. The van der Waals surface area contributed by atoms with E-state index < -0.39 is 0 Å². The SMILES string of the molecule is COc1cccc(Cc2nc3ccc(C)cn3c2CCl)c1. The molecule has 3 rings (SSSR count). The Balaban J connectivity index is 2.03. The third kappa shape index (κ3) is 2.74. The van der Waals surface area contributed by atoms with Crippen molar-refractivity contribution >= 4 is 17.2 Å². The molecule has 108 valence electrons. The van der Waals surface area contributed by atoms with Gasteiger partial charge in [0, 0.05) is 12.6 Å². The average molecular weight is 301 g/mol. The van der Waals surface area contributed by atoms with Crippen molar-refractivity contribution in [1.29, 1.82) is 0 Å². The van der Waals surface area contributed by atoms with Crippen molar-refractivity contribution in [2.24, 2.45) is 0 Å². The van der Waals surface area contributed by atoms with Gasteiger partial charge in [-0.3, -0.25) is 0 Å². The van der Waals surface area contributed by atoms with Crippen LogP contribution in [0, 0.1) is 6.92 Å². The van der Waals surface area contributed by atoms with Gasteiger partial charge in [-0.05, 0) is 36.2 Å². The summed E-state index contributed by atoms with van der Waals surface area (Å²) in [6.07, 6.45) is 2.83. The minimum Gasteiger partial charge on any atom is -0.497 e. The predicted octanol–water partition coefficient (Wildman–Crippen LogP) is 3.98. The van der Waals surface area contributed by atoms with E-state index in [9.17, 15) is 0 Å². The van der Waals surface area contributed by atoms with Crippen molar-refractivity contribution in [2.75, 3.05) is 7.11 Å². The van der Waals surface area contributed by atoms with Crippen LogP contribution < -0.4 is 4.74 Å². The number of pyridine rings is 1. The van der Waals surface area contributed by atoms with Crippen molar-refractivity contribution in [1.82, 2.24) is 9.38 Å². The number of aryl methyl sites for hydroxylation is 1. The minimum atomic E-state index is 0.448. The average Bonchev–Trinajstić information content (AvgIpc) is 2.83. The van der Waals surface area contributed by atoms with Gasteiger partial charge in [-0.2, -0.15) is 0 Å². The molecule has 0 atom stereocenters.